The quantitative estimate of drug-likeness (QED) is 0.709. The fourth-order valence-corrected chi connectivity index (χ4v) is 5.96. The Morgan fingerprint density at radius 3 is 1.96 bits per heavy atom. The summed E-state index contributed by atoms with van der Waals surface area (Å²) in [4.78, 5) is 29.0. The van der Waals surface area contributed by atoms with Crippen molar-refractivity contribution >= 4 is 21.8 Å². The van der Waals surface area contributed by atoms with Gasteiger partial charge in [0.25, 0.3) is 0 Å². The number of sulfonamides is 1. The van der Waals surface area contributed by atoms with E-state index in [-0.39, 0.29) is 30.3 Å². The van der Waals surface area contributed by atoms with Gasteiger partial charge in [0.1, 0.15) is 0 Å². The summed E-state index contributed by atoms with van der Waals surface area (Å²) in [6.45, 7) is 3.95. The van der Waals surface area contributed by atoms with Gasteiger partial charge in [-0.05, 0) is 31.9 Å². The van der Waals surface area contributed by atoms with Crippen LogP contribution in [0.1, 0.15) is 31.2 Å². The number of rotatable bonds is 4. The molecule has 8 heteroatoms. The third-order valence-corrected chi connectivity index (χ3v) is 8.18. The lowest BCUT2D eigenvalue weighted by Crippen LogP contribution is -2.52. The lowest BCUT2D eigenvalue weighted by atomic mass is 9.81. The maximum atomic E-state index is 12.8. The van der Waals surface area contributed by atoms with E-state index in [1.807, 2.05) is 11.8 Å². The van der Waals surface area contributed by atoms with Crippen LogP contribution >= 0.6 is 0 Å². The second-order valence-corrected chi connectivity index (χ2v) is 10.0. The summed E-state index contributed by atoms with van der Waals surface area (Å²) in [7, 11) is -3.51. The van der Waals surface area contributed by atoms with E-state index in [4.69, 9.17) is 0 Å². The fraction of sp³-hybridized carbons (Fsp3) is 0.600. The Morgan fingerprint density at radius 1 is 0.893 bits per heavy atom. The summed E-state index contributed by atoms with van der Waals surface area (Å²) in [5.74, 6) is -0.345. The van der Waals surface area contributed by atoms with Gasteiger partial charge in [0.15, 0.2) is 0 Å². The molecule has 3 aliphatic rings. The van der Waals surface area contributed by atoms with Crippen LogP contribution < -0.4 is 0 Å². The lowest BCUT2D eigenvalue weighted by molar-refractivity contribution is -0.142. The van der Waals surface area contributed by atoms with Gasteiger partial charge in [-0.3, -0.25) is 19.4 Å². The zero-order valence-electron chi connectivity index (χ0n) is 16.2. The van der Waals surface area contributed by atoms with Crippen molar-refractivity contribution in [3.05, 3.63) is 29.8 Å². The highest BCUT2D eigenvalue weighted by Crippen LogP contribution is 2.38. The van der Waals surface area contributed by atoms with Gasteiger partial charge in [-0.25, -0.2) is 8.42 Å². The molecule has 0 spiro atoms. The van der Waals surface area contributed by atoms with Gasteiger partial charge in [0.2, 0.25) is 21.8 Å². The molecule has 1 aliphatic carbocycles. The van der Waals surface area contributed by atoms with Crippen LogP contribution in [0.2, 0.25) is 0 Å². The monoisotopic (exact) mass is 405 g/mol. The number of carbonyl (C=O) groups excluding carboxylic acids is 2. The van der Waals surface area contributed by atoms with Crippen molar-refractivity contribution in [1.82, 2.24) is 14.1 Å². The number of hydrogen-bond acceptors (Lipinski definition) is 5. The molecule has 2 aliphatic heterocycles. The van der Waals surface area contributed by atoms with Crippen LogP contribution in [0.3, 0.4) is 0 Å². The highest BCUT2D eigenvalue weighted by atomic mass is 32.2. The summed E-state index contributed by atoms with van der Waals surface area (Å²) < 4.78 is 27.1. The largest absolute Gasteiger partial charge is 0.283 e. The zero-order chi connectivity index (χ0) is 19.9. The van der Waals surface area contributed by atoms with Gasteiger partial charge in [-0.2, -0.15) is 4.31 Å². The zero-order valence-corrected chi connectivity index (χ0v) is 17.0. The van der Waals surface area contributed by atoms with Crippen LogP contribution in [0.4, 0.5) is 0 Å². The van der Waals surface area contributed by atoms with Gasteiger partial charge < -0.3 is 0 Å². The lowest BCUT2D eigenvalue weighted by Gasteiger charge is -2.35. The van der Waals surface area contributed by atoms with Crippen molar-refractivity contribution in [3.8, 4) is 0 Å². The molecule has 0 radical (unpaired) electrons. The number of amides is 2. The molecule has 0 aromatic heterocycles. The van der Waals surface area contributed by atoms with Crippen LogP contribution in [-0.2, 0) is 19.6 Å². The van der Waals surface area contributed by atoms with Crippen molar-refractivity contribution in [2.75, 3.05) is 32.8 Å². The molecule has 2 amide bonds. The first-order valence-electron chi connectivity index (χ1n) is 10.0. The summed E-state index contributed by atoms with van der Waals surface area (Å²) in [5, 5.41) is 0. The summed E-state index contributed by atoms with van der Waals surface area (Å²) in [5.41, 5.74) is 1.02. The molecule has 2 heterocycles. The number of benzene rings is 1. The highest BCUT2D eigenvalue weighted by molar-refractivity contribution is 7.89. The Morgan fingerprint density at radius 2 is 1.43 bits per heavy atom. The van der Waals surface area contributed by atoms with Gasteiger partial charge in [-0.1, -0.05) is 30.5 Å². The molecule has 7 nitrogen and oxygen atoms in total. The number of fused-ring (bicyclic) bond motifs is 1. The first kappa shape index (κ1) is 19.5. The molecular weight excluding hydrogens is 378 g/mol. The van der Waals surface area contributed by atoms with Crippen LogP contribution in [-0.4, -0.2) is 67.2 Å². The summed E-state index contributed by atoms with van der Waals surface area (Å²) in [6.07, 6.45) is 3.66. The second kappa shape index (κ2) is 7.57. The topological polar surface area (TPSA) is 78.0 Å². The molecular formula is C20H27N3O4S. The molecule has 1 aromatic carbocycles. The van der Waals surface area contributed by atoms with E-state index >= 15 is 0 Å². The molecule has 3 fully saturated rings. The highest BCUT2D eigenvalue weighted by Gasteiger charge is 2.48. The molecule has 2 saturated heterocycles. The number of aryl methyl sites for hydroxylation is 1. The second-order valence-electron chi connectivity index (χ2n) is 8.08. The summed E-state index contributed by atoms with van der Waals surface area (Å²) in [6, 6.07) is 6.88. The SMILES string of the molecule is Cc1ccc(S(=O)(=O)N2CCN(CN3C(=O)[C@@H]4CCCC[C@H]4C3=O)CC2)cc1. The molecule has 4 rings (SSSR count). The fourth-order valence-electron chi connectivity index (χ4n) is 4.54. The standard InChI is InChI=1S/C20H27N3O4S/c1-15-6-8-16(9-7-15)28(26,27)22-12-10-21(11-13-22)14-23-19(24)17-4-2-3-5-18(17)20(23)25/h6-9,17-18H,2-5,10-14H2,1H3/t17-,18-/m1/s1. The minimum Gasteiger partial charge on any atom is -0.283 e. The van der Waals surface area contributed by atoms with Crippen LogP contribution in [0.25, 0.3) is 0 Å². The molecule has 1 saturated carbocycles. The van der Waals surface area contributed by atoms with Crippen molar-refractivity contribution in [3.63, 3.8) is 0 Å². The van der Waals surface area contributed by atoms with Crippen LogP contribution in [0.5, 0.6) is 0 Å². The van der Waals surface area contributed by atoms with Gasteiger partial charge in [0, 0.05) is 26.2 Å². The predicted octanol–water partition coefficient (Wildman–Crippen LogP) is 1.43. The number of likely N-dealkylation sites (tertiary alicyclic amines) is 1. The van der Waals surface area contributed by atoms with Crippen molar-refractivity contribution in [2.24, 2.45) is 11.8 Å². The Hall–Kier alpha value is -1.77. The molecule has 2 atom stereocenters. The minimum absolute atomic E-state index is 0.0376. The third kappa shape index (κ3) is 3.49. The van der Waals surface area contributed by atoms with Crippen molar-refractivity contribution in [1.29, 1.82) is 0 Å². The van der Waals surface area contributed by atoms with Gasteiger partial charge >= 0.3 is 0 Å². The molecule has 1 aromatic rings. The Kier molecular flexibility index (Phi) is 5.28. The molecule has 0 unspecified atom stereocenters. The number of hydrogen-bond donors (Lipinski definition) is 0. The Labute approximate surface area is 166 Å². The van der Waals surface area contributed by atoms with Crippen LogP contribution in [0, 0.1) is 18.8 Å². The molecule has 152 valence electrons. The Balaban J connectivity index is 1.37. The van der Waals surface area contributed by atoms with Crippen molar-refractivity contribution in [2.45, 2.75) is 37.5 Å². The van der Waals surface area contributed by atoms with E-state index in [1.165, 1.54) is 9.21 Å². The maximum Gasteiger partial charge on any atom is 0.243 e. The number of piperazine rings is 1. The van der Waals surface area contributed by atoms with E-state index in [0.29, 0.717) is 31.1 Å². The van der Waals surface area contributed by atoms with Gasteiger partial charge in [0.05, 0.1) is 23.4 Å². The molecule has 0 bridgehead atoms. The molecule has 28 heavy (non-hydrogen) atoms. The van der Waals surface area contributed by atoms with Crippen molar-refractivity contribution < 1.29 is 18.0 Å². The predicted molar refractivity (Wildman–Crippen MR) is 104 cm³/mol. The van der Waals surface area contributed by atoms with Crippen LogP contribution in [0.15, 0.2) is 29.2 Å². The minimum atomic E-state index is -3.51. The van der Waals surface area contributed by atoms with E-state index in [0.717, 1.165) is 31.2 Å². The average molecular weight is 406 g/mol. The normalized spacial score (nSPS) is 27.2. The number of nitrogens with zero attached hydrogens (tertiary/aromatic N) is 3. The first-order chi connectivity index (χ1) is 13.4. The van der Waals surface area contributed by atoms with E-state index in [2.05, 4.69) is 0 Å². The number of imide groups is 1. The number of carbonyl (C=O) groups is 2. The van der Waals surface area contributed by atoms with Gasteiger partial charge in [-0.15, -0.1) is 0 Å². The van der Waals surface area contributed by atoms with E-state index in [9.17, 15) is 18.0 Å². The maximum absolute atomic E-state index is 12.8. The summed E-state index contributed by atoms with van der Waals surface area (Å²) >= 11 is 0. The Bertz CT molecular complexity index is 836. The van der Waals surface area contributed by atoms with E-state index < -0.39 is 10.0 Å². The molecule has 0 N–H and O–H groups in total. The average Bonchev–Trinajstić information content (AvgIpc) is 2.94. The third-order valence-electron chi connectivity index (χ3n) is 6.26. The smallest absolute Gasteiger partial charge is 0.243 e. The first-order valence-corrected chi connectivity index (χ1v) is 11.5. The van der Waals surface area contributed by atoms with E-state index in [1.54, 1.807) is 24.3 Å².